The van der Waals surface area contributed by atoms with Crippen LogP contribution in [0.1, 0.15) is 12.0 Å². The Hall–Kier alpha value is -3.10. The number of hydrogen-bond acceptors (Lipinski definition) is 7. The lowest BCUT2D eigenvalue weighted by Gasteiger charge is -2.29. The zero-order valence-electron chi connectivity index (χ0n) is 16.7. The maximum absolute atomic E-state index is 13.2. The summed E-state index contributed by atoms with van der Waals surface area (Å²) in [5.41, 5.74) is 6.58. The molecule has 0 spiro atoms. The molecule has 2 heterocycles. The summed E-state index contributed by atoms with van der Waals surface area (Å²) in [6.45, 7) is 0.298. The molecule has 9 nitrogen and oxygen atoms in total. The minimum Gasteiger partial charge on any atom is -0.493 e. The highest BCUT2D eigenvalue weighted by molar-refractivity contribution is 6.39. The highest BCUT2D eigenvalue weighted by Gasteiger charge is 2.70. The van der Waals surface area contributed by atoms with E-state index in [1.54, 1.807) is 20.3 Å². The molecule has 9 heteroatoms. The molecule has 2 aliphatic heterocycles. The molecule has 2 bridgehead atoms. The van der Waals surface area contributed by atoms with Gasteiger partial charge in [0.05, 0.1) is 32.0 Å². The maximum atomic E-state index is 13.2. The van der Waals surface area contributed by atoms with Gasteiger partial charge in [-0.1, -0.05) is 11.2 Å². The first-order chi connectivity index (χ1) is 14.5. The fourth-order valence-corrected chi connectivity index (χ4v) is 5.89. The van der Waals surface area contributed by atoms with Crippen molar-refractivity contribution in [2.24, 2.45) is 40.5 Å². The lowest BCUT2D eigenvalue weighted by molar-refractivity contribution is -0.141. The number of fused-ring (bicyclic) bond motifs is 8. The number of ether oxygens (including phenoxy) is 2. The Bertz CT molecular complexity index is 975. The van der Waals surface area contributed by atoms with Crippen LogP contribution in [0.25, 0.3) is 0 Å². The van der Waals surface area contributed by atoms with Crippen LogP contribution >= 0.6 is 0 Å². The molecule has 0 aromatic heterocycles. The number of likely N-dealkylation sites (tertiary alicyclic amines) is 1. The highest BCUT2D eigenvalue weighted by atomic mass is 16.6. The van der Waals surface area contributed by atoms with Crippen LogP contribution in [0.15, 0.2) is 23.4 Å². The van der Waals surface area contributed by atoms with Crippen molar-refractivity contribution in [2.45, 2.75) is 18.9 Å². The molecule has 4 aliphatic rings. The van der Waals surface area contributed by atoms with Gasteiger partial charge in [0.25, 0.3) is 5.91 Å². The summed E-state index contributed by atoms with van der Waals surface area (Å²) in [6.07, 6.45) is 0.878. The Balaban J connectivity index is 1.33. The lowest BCUT2D eigenvalue weighted by Crippen LogP contribution is -2.43. The number of oxime groups is 1. The summed E-state index contributed by atoms with van der Waals surface area (Å²) >= 11 is 0. The lowest BCUT2D eigenvalue weighted by atomic mass is 9.72. The quantitative estimate of drug-likeness (QED) is 0.672. The number of methoxy groups -OCH3 is 2. The summed E-state index contributed by atoms with van der Waals surface area (Å²) in [6, 6.07) is 5.55. The first-order valence-corrected chi connectivity index (χ1v) is 10.1. The molecular formula is C21H23N3O6. The third-order valence-corrected chi connectivity index (χ3v) is 7.11. The van der Waals surface area contributed by atoms with Crippen LogP contribution in [-0.2, 0) is 25.6 Å². The molecule has 2 aliphatic carbocycles. The molecule has 2 saturated carbocycles. The summed E-state index contributed by atoms with van der Waals surface area (Å²) in [5.74, 6) is -1.01. The smallest absolute Gasteiger partial charge is 0.266 e. The van der Waals surface area contributed by atoms with E-state index in [0.717, 1.165) is 5.56 Å². The van der Waals surface area contributed by atoms with Crippen molar-refractivity contribution in [2.75, 3.05) is 20.8 Å². The number of nitrogens with zero attached hydrogens (tertiary/aromatic N) is 2. The van der Waals surface area contributed by atoms with Gasteiger partial charge in [-0.3, -0.25) is 19.3 Å². The van der Waals surface area contributed by atoms with E-state index in [-0.39, 0.29) is 41.4 Å². The first kappa shape index (κ1) is 18.9. The van der Waals surface area contributed by atoms with Gasteiger partial charge < -0.3 is 20.0 Å². The summed E-state index contributed by atoms with van der Waals surface area (Å²) in [5, 5.41) is 3.85. The average molecular weight is 413 g/mol. The van der Waals surface area contributed by atoms with E-state index in [1.165, 1.54) is 4.90 Å². The molecule has 30 heavy (non-hydrogen) atoms. The third kappa shape index (κ3) is 2.47. The van der Waals surface area contributed by atoms with Gasteiger partial charge in [-0.2, -0.15) is 0 Å². The van der Waals surface area contributed by atoms with Crippen molar-refractivity contribution in [1.29, 1.82) is 0 Å². The number of amides is 3. The summed E-state index contributed by atoms with van der Waals surface area (Å²) in [4.78, 5) is 44.8. The first-order valence-electron chi connectivity index (χ1n) is 10.1. The van der Waals surface area contributed by atoms with Crippen LogP contribution in [0.4, 0.5) is 0 Å². The molecule has 3 fully saturated rings. The van der Waals surface area contributed by atoms with Crippen molar-refractivity contribution in [1.82, 2.24) is 4.90 Å². The maximum Gasteiger partial charge on any atom is 0.266 e. The zero-order valence-corrected chi connectivity index (χ0v) is 16.7. The van der Waals surface area contributed by atoms with Crippen LogP contribution in [0.3, 0.4) is 0 Å². The van der Waals surface area contributed by atoms with Crippen LogP contribution < -0.4 is 15.2 Å². The summed E-state index contributed by atoms with van der Waals surface area (Å²) < 4.78 is 10.6. The predicted molar refractivity (Wildman–Crippen MR) is 104 cm³/mol. The van der Waals surface area contributed by atoms with Crippen molar-refractivity contribution in [3.05, 3.63) is 23.8 Å². The van der Waals surface area contributed by atoms with E-state index < -0.39 is 17.7 Å². The van der Waals surface area contributed by atoms with Crippen molar-refractivity contribution >= 4 is 23.4 Å². The predicted octanol–water partition coefficient (Wildman–Crippen LogP) is 0.354. The standard InChI is InChI=1S/C21H23N3O6/c1-28-12-4-3-9(7-13(12)29-2)5-6-24-20(26)14-10-8-11(15(14)21(24)27)18-16(10)17(19(22)25)23-30-18/h3-4,7,10-11,14-16,18H,5-6,8H2,1-2H3,(H2,22,25)/t10-,11-,14-,15-,16-,18-/m1/s1. The molecule has 0 radical (unpaired) electrons. The van der Waals surface area contributed by atoms with E-state index in [9.17, 15) is 14.4 Å². The largest absolute Gasteiger partial charge is 0.493 e. The number of rotatable bonds is 6. The fourth-order valence-electron chi connectivity index (χ4n) is 5.89. The zero-order chi connectivity index (χ0) is 21.2. The van der Waals surface area contributed by atoms with Gasteiger partial charge in [-0.25, -0.2) is 0 Å². The fraction of sp³-hybridized carbons (Fsp3) is 0.524. The second-order valence-corrected chi connectivity index (χ2v) is 8.32. The Labute approximate surface area is 173 Å². The third-order valence-electron chi connectivity index (χ3n) is 7.11. The van der Waals surface area contributed by atoms with Gasteiger partial charge in [-0.05, 0) is 36.5 Å². The number of nitrogens with two attached hydrogens (primary N) is 1. The van der Waals surface area contributed by atoms with Gasteiger partial charge in [0.2, 0.25) is 11.8 Å². The van der Waals surface area contributed by atoms with E-state index in [2.05, 4.69) is 5.16 Å². The number of carbonyl (C=O) groups is 3. The molecular weight excluding hydrogens is 390 g/mol. The number of primary amides is 1. The summed E-state index contributed by atoms with van der Waals surface area (Å²) in [7, 11) is 3.13. The molecule has 158 valence electrons. The molecule has 2 N–H and O–H groups in total. The van der Waals surface area contributed by atoms with E-state index in [1.807, 2.05) is 12.1 Å². The second-order valence-electron chi connectivity index (χ2n) is 8.32. The normalized spacial score (nSPS) is 33.3. The molecule has 1 aromatic carbocycles. The monoisotopic (exact) mass is 413 g/mol. The van der Waals surface area contributed by atoms with Crippen molar-refractivity contribution < 1.29 is 28.7 Å². The number of imide groups is 1. The van der Waals surface area contributed by atoms with Crippen LogP contribution in [-0.4, -0.2) is 55.2 Å². The van der Waals surface area contributed by atoms with E-state index >= 15 is 0 Å². The minimum absolute atomic E-state index is 0.104. The van der Waals surface area contributed by atoms with Crippen LogP contribution in [0.2, 0.25) is 0 Å². The van der Waals surface area contributed by atoms with Gasteiger partial charge >= 0.3 is 0 Å². The molecule has 0 unspecified atom stereocenters. The van der Waals surface area contributed by atoms with E-state index in [0.29, 0.717) is 30.9 Å². The van der Waals surface area contributed by atoms with Crippen LogP contribution in [0.5, 0.6) is 11.5 Å². The average Bonchev–Trinajstić information content (AvgIpc) is 3.47. The molecule has 6 atom stereocenters. The minimum atomic E-state index is -0.617. The Kier molecular flexibility index (Phi) is 4.23. The molecule has 3 amide bonds. The van der Waals surface area contributed by atoms with Gasteiger partial charge in [0, 0.05) is 12.5 Å². The molecule has 5 rings (SSSR count). The van der Waals surface area contributed by atoms with Gasteiger partial charge in [0.15, 0.2) is 17.2 Å². The Morgan fingerprint density at radius 2 is 1.83 bits per heavy atom. The van der Waals surface area contributed by atoms with Crippen molar-refractivity contribution in [3.63, 3.8) is 0 Å². The molecule has 1 saturated heterocycles. The number of benzene rings is 1. The number of hydrogen-bond donors (Lipinski definition) is 1. The topological polar surface area (TPSA) is 121 Å². The SMILES string of the molecule is COc1ccc(CCN2C(=O)[C@@H]3[C@H]4C[C@@H]([C@H]5ON=C(C(N)=O)[C@@H]45)[C@H]3C2=O)cc1OC. The van der Waals surface area contributed by atoms with Gasteiger partial charge in [-0.15, -0.1) is 0 Å². The molecule has 1 aromatic rings. The van der Waals surface area contributed by atoms with Gasteiger partial charge in [0.1, 0.15) is 6.10 Å². The van der Waals surface area contributed by atoms with Crippen LogP contribution in [0, 0.1) is 29.6 Å². The van der Waals surface area contributed by atoms with E-state index in [4.69, 9.17) is 20.0 Å². The Morgan fingerprint density at radius 1 is 1.13 bits per heavy atom. The second kappa shape index (κ2) is 6.72. The number of carbonyl (C=O) groups excluding carboxylic acids is 3. The highest BCUT2D eigenvalue weighted by Crippen LogP contribution is 2.61. The van der Waals surface area contributed by atoms with Crippen molar-refractivity contribution in [3.8, 4) is 11.5 Å². The Morgan fingerprint density at radius 3 is 2.50 bits per heavy atom.